The van der Waals surface area contributed by atoms with Crippen LogP contribution in [-0.4, -0.2) is 19.6 Å². The Kier molecular flexibility index (Phi) is 5.75. The third kappa shape index (κ3) is 7.04. The lowest BCUT2D eigenvalue weighted by Gasteiger charge is -2.22. The van der Waals surface area contributed by atoms with Crippen LogP contribution in [0.15, 0.2) is 152 Å². The molecule has 0 unspecified atom stereocenters. The summed E-state index contributed by atoms with van der Waals surface area (Å²) in [4.78, 5) is 9.61. The number of imidazole rings is 1. The van der Waals surface area contributed by atoms with Gasteiger partial charge in [-0.1, -0.05) is 139 Å². The molecule has 0 atom stereocenters. The molecule has 2 heterocycles. The molecule has 4 heteroatoms. The van der Waals surface area contributed by atoms with E-state index in [9.17, 15) is 6.48 Å². The van der Waals surface area contributed by atoms with Crippen LogP contribution in [0.25, 0.3) is 72.7 Å². The minimum absolute atomic E-state index is 0.0145. The van der Waals surface area contributed by atoms with Crippen LogP contribution < -0.4 is 0 Å². The summed E-state index contributed by atoms with van der Waals surface area (Å²) in [6, 6.07) is 28.1. The molecular weight excluding hydrogens is 683 g/mol. The second-order valence-electron chi connectivity index (χ2n) is 14.8. The third-order valence-electron chi connectivity index (χ3n) is 9.87. The Bertz CT molecular complexity index is 3380. The average molecular weight is 748 g/mol. The molecule has 278 valence electrons. The first-order chi connectivity index (χ1) is 33.6. The SMILES string of the molecule is [2H]c1nc(-c2cc(-c3cccc4c3nc(-c3ccccc3O)n4-c3ccc(-c4ccccc4)c(CC)c3)cc(C(C)(C)C)c2)c([2H])c(-c2c([2H])c([2H])c(C(C([2H])([2H])[2H])(C([2H])([2H])[2H])C([2H])([2H])[2H])c([2H])c2[2H])c1[2H]. The summed E-state index contributed by atoms with van der Waals surface area (Å²) in [5, 5.41) is 11.3. The molecule has 0 aliphatic rings. The topological polar surface area (TPSA) is 50.9 Å². The van der Waals surface area contributed by atoms with E-state index >= 15 is 0 Å². The molecule has 6 aromatic carbocycles. The number of phenols is 1. The number of phenolic OH excluding ortho intramolecular Hbond substituents is 1. The van der Waals surface area contributed by atoms with Crippen molar-refractivity contribution in [2.24, 2.45) is 0 Å². The maximum absolute atomic E-state index is 11.3. The van der Waals surface area contributed by atoms with Crippen molar-refractivity contribution in [3.63, 3.8) is 0 Å². The van der Waals surface area contributed by atoms with Crippen LogP contribution in [0, 0.1) is 0 Å². The number of aryl methyl sites for hydroxylation is 1. The Labute approximate surface area is 353 Å². The van der Waals surface area contributed by atoms with E-state index in [-0.39, 0.29) is 17.0 Å². The lowest BCUT2D eigenvalue weighted by molar-refractivity contribution is 0.477. The van der Waals surface area contributed by atoms with Crippen LogP contribution in [0.5, 0.6) is 5.75 Å². The van der Waals surface area contributed by atoms with Gasteiger partial charge in [-0.3, -0.25) is 9.55 Å². The fraction of sp³-hybridized carbons (Fsp3) is 0.192. The van der Waals surface area contributed by atoms with Crippen molar-refractivity contribution in [2.45, 2.75) is 65.5 Å². The maximum Gasteiger partial charge on any atom is 0.149 e. The van der Waals surface area contributed by atoms with Gasteiger partial charge in [-0.05, 0) is 116 Å². The van der Waals surface area contributed by atoms with Crippen molar-refractivity contribution in [3.05, 3.63) is 168 Å². The number of nitrogens with zero attached hydrogens (tertiary/aromatic N) is 3. The summed E-state index contributed by atoms with van der Waals surface area (Å²) in [5.41, 5.74) is 0.611. The summed E-state index contributed by atoms with van der Waals surface area (Å²) in [6.07, 6.45) is 0.00522. The smallest absolute Gasteiger partial charge is 0.149 e. The van der Waals surface area contributed by atoms with Gasteiger partial charge < -0.3 is 5.11 Å². The minimum Gasteiger partial charge on any atom is -0.507 e. The lowest BCUT2D eigenvalue weighted by atomic mass is 9.83. The van der Waals surface area contributed by atoms with E-state index in [0.717, 1.165) is 34.4 Å². The number of aromatic nitrogens is 3. The normalized spacial score (nSPS) is 16.8. The maximum atomic E-state index is 11.3. The molecule has 0 saturated heterocycles. The molecule has 0 radical (unpaired) electrons. The van der Waals surface area contributed by atoms with Gasteiger partial charge in [0.05, 0.1) is 31.9 Å². The number of aromatic hydroxyl groups is 1. The first-order valence-corrected chi connectivity index (χ1v) is 18.3. The predicted molar refractivity (Wildman–Crippen MR) is 234 cm³/mol. The van der Waals surface area contributed by atoms with Crippen LogP contribution in [0.2, 0.25) is 0 Å². The number of pyridine rings is 1. The standard InChI is InChI=1S/C52H49N3O/c1-8-34-32-42(25-26-43(34)36-15-10-9-11-16-36)55-47-19-14-18-44(49(47)54-50(55)45-17-12-13-20-48(45)56)38-29-39(31-41(30-38)52(5,6)7)46-33-37(27-28-53-46)35-21-23-40(24-22-35)51(2,3)4/h9-33,56H,8H2,1-7H3/i2D3,3D3,4D3,21D,22D,23D,24D,27D,28D,33D. The molecule has 4 nitrogen and oxygen atoms in total. The van der Waals surface area contributed by atoms with Crippen molar-refractivity contribution < 1.29 is 27.0 Å². The third-order valence-corrected chi connectivity index (χ3v) is 9.87. The largest absolute Gasteiger partial charge is 0.507 e. The molecule has 0 saturated carbocycles. The first kappa shape index (κ1) is 22.3. The van der Waals surface area contributed by atoms with E-state index in [1.165, 1.54) is 0 Å². The molecular formula is C52H49N3O. The highest BCUT2D eigenvalue weighted by molar-refractivity contribution is 5.97. The Morgan fingerprint density at radius 3 is 2.11 bits per heavy atom. The van der Waals surface area contributed by atoms with Crippen LogP contribution >= 0.6 is 0 Å². The van der Waals surface area contributed by atoms with Crippen LogP contribution in [0.4, 0.5) is 0 Å². The zero-order valence-corrected chi connectivity index (χ0v) is 31.4. The molecule has 0 bridgehead atoms. The molecule has 8 rings (SSSR count). The number of hydrogen-bond acceptors (Lipinski definition) is 3. The highest BCUT2D eigenvalue weighted by atomic mass is 16.3. The highest BCUT2D eigenvalue weighted by Gasteiger charge is 2.23. The second-order valence-corrected chi connectivity index (χ2v) is 14.8. The molecule has 0 amide bonds. The van der Waals surface area contributed by atoms with Gasteiger partial charge in [0.1, 0.15) is 11.6 Å². The molecule has 56 heavy (non-hydrogen) atoms. The van der Waals surface area contributed by atoms with Gasteiger partial charge in [-0.15, -0.1) is 0 Å². The number of fused-ring (bicyclic) bond motifs is 1. The van der Waals surface area contributed by atoms with Crippen LogP contribution in [-0.2, 0) is 17.3 Å². The van der Waals surface area contributed by atoms with Crippen LogP contribution in [0.1, 0.15) is 86.9 Å². The van der Waals surface area contributed by atoms with Gasteiger partial charge >= 0.3 is 0 Å². The van der Waals surface area contributed by atoms with Gasteiger partial charge in [0.2, 0.25) is 0 Å². The Balaban J connectivity index is 1.38. The summed E-state index contributed by atoms with van der Waals surface area (Å²) in [5.74, 6) is 0.474. The number of rotatable bonds is 7. The van der Waals surface area contributed by atoms with Crippen LogP contribution in [0.3, 0.4) is 0 Å². The number of hydrogen-bond donors (Lipinski definition) is 1. The van der Waals surface area contributed by atoms with Crippen molar-refractivity contribution in [1.29, 1.82) is 0 Å². The number of para-hydroxylation sites is 2. The summed E-state index contributed by atoms with van der Waals surface area (Å²) >= 11 is 0. The lowest BCUT2D eigenvalue weighted by Crippen LogP contribution is -2.11. The monoisotopic (exact) mass is 747 g/mol. The zero-order valence-electron chi connectivity index (χ0n) is 47.4. The zero-order chi connectivity index (χ0) is 52.8. The second kappa shape index (κ2) is 14.4. The van der Waals surface area contributed by atoms with E-state index < -0.39 is 90.5 Å². The Hall–Kier alpha value is -6.26. The molecule has 0 spiro atoms. The molecule has 0 aliphatic heterocycles. The Morgan fingerprint density at radius 1 is 0.643 bits per heavy atom. The number of benzene rings is 6. The predicted octanol–water partition coefficient (Wildman–Crippen LogP) is 13.6. The average Bonchev–Trinajstić information content (AvgIpc) is 3.70. The van der Waals surface area contributed by atoms with Crippen molar-refractivity contribution in [3.8, 4) is 67.5 Å². The van der Waals surface area contributed by atoms with Crippen molar-refractivity contribution in [2.75, 3.05) is 0 Å². The first-order valence-electron chi connectivity index (χ1n) is 26.3. The van der Waals surface area contributed by atoms with Crippen molar-refractivity contribution >= 4 is 11.0 Å². The Morgan fingerprint density at radius 2 is 1.38 bits per heavy atom. The highest BCUT2D eigenvalue weighted by Crippen LogP contribution is 2.41. The minimum atomic E-state index is -3.91. The van der Waals surface area contributed by atoms with E-state index in [1.807, 2.05) is 79.9 Å². The van der Waals surface area contributed by atoms with Gasteiger partial charge in [0, 0.05) is 35.3 Å². The summed E-state index contributed by atoms with van der Waals surface area (Å²) in [7, 11) is 0. The fourth-order valence-electron chi connectivity index (χ4n) is 6.90. The van der Waals surface area contributed by atoms with E-state index in [0.29, 0.717) is 33.5 Å². The molecule has 2 aromatic heterocycles. The summed E-state index contributed by atoms with van der Waals surface area (Å²) < 4.78 is 139. The quantitative estimate of drug-likeness (QED) is 0.177. The molecule has 0 aliphatic carbocycles. The van der Waals surface area contributed by atoms with E-state index in [4.69, 9.17) is 25.5 Å². The van der Waals surface area contributed by atoms with Gasteiger partial charge in [0.15, 0.2) is 0 Å². The molecule has 1 N–H and O–H groups in total. The van der Waals surface area contributed by atoms with E-state index in [1.54, 1.807) is 30.3 Å². The molecule has 8 aromatic rings. The van der Waals surface area contributed by atoms with Crippen molar-refractivity contribution in [1.82, 2.24) is 14.5 Å². The van der Waals surface area contributed by atoms with E-state index in [2.05, 4.69) is 36.2 Å². The van der Waals surface area contributed by atoms with Gasteiger partial charge in [-0.25, -0.2) is 4.98 Å². The molecule has 0 fully saturated rings. The summed E-state index contributed by atoms with van der Waals surface area (Å²) in [6.45, 7) is -3.73. The van der Waals surface area contributed by atoms with Gasteiger partial charge in [-0.2, -0.15) is 0 Å². The van der Waals surface area contributed by atoms with Gasteiger partial charge in [0.25, 0.3) is 0 Å². The fourth-order valence-corrected chi connectivity index (χ4v) is 6.90.